The van der Waals surface area contributed by atoms with E-state index in [9.17, 15) is 13.2 Å². The number of carbonyl (C=O) groups excluding carboxylic acids is 1. The molecule has 0 saturated carbocycles. The smallest absolute Gasteiger partial charge is 0.261 e. The van der Waals surface area contributed by atoms with Crippen molar-refractivity contribution in [2.24, 2.45) is 0 Å². The number of anilines is 2. The number of amides is 1. The molecule has 0 aliphatic heterocycles. The van der Waals surface area contributed by atoms with E-state index in [4.69, 9.17) is 0 Å². The Morgan fingerprint density at radius 3 is 2.22 bits per heavy atom. The van der Waals surface area contributed by atoms with Crippen LogP contribution in [0.4, 0.5) is 11.4 Å². The second-order valence-electron chi connectivity index (χ2n) is 6.48. The van der Waals surface area contributed by atoms with Crippen LogP contribution in [0.1, 0.15) is 38.1 Å². The number of nitrogens with one attached hydrogen (secondary N) is 2. The molecule has 0 aliphatic carbocycles. The number of nitrogens with zero attached hydrogens (tertiary/aromatic N) is 1. The first kappa shape index (κ1) is 20.8. The minimum atomic E-state index is -3.79. The summed E-state index contributed by atoms with van der Waals surface area (Å²) < 4.78 is 27.9. The number of sulfonamides is 1. The predicted octanol–water partition coefficient (Wildman–Crippen LogP) is 3.47. The molecule has 0 aliphatic rings. The van der Waals surface area contributed by atoms with Crippen LogP contribution in [0.2, 0.25) is 0 Å². The van der Waals surface area contributed by atoms with Crippen molar-refractivity contribution in [1.82, 2.24) is 5.32 Å². The summed E-state index contributed by atoms with van der Waals surface area (Å²) in [5, 5.41) is 2.76. The topological polar surface area (TPSA) is 78.5 Å². The third-order valence-electron chi connectivity index (χ3n) is 4.07. The second kappa shape index (κ2) is 8.90. The van der Waals surface area contributed by atoms with Gasteiger partial charge in [0, 0.05) is 36.1 Å². The Bertz CT molecular complexity index is 874. The van der Waals surface area contributed by atoms with Gasteiger partial charge in [-0.3, -0.25) is 9.52 Å². The van der Waals surface area contributed by atoms with E-state index < -0.39 is 10.0 Å². The molecular weight excluding hydrogens is 362 g/mol. The highest BCUT2D eigenvalue weighted by atomic mass is 32.2. The van der Waals surface area contributed by atoms with Gasteiger partial charge in [-0.2, -0.15) is 0 Å². The van der Waals surface area contributed by atoms with Crippen LogP contribution in [0.15, 0.2) is 53.4 Å². The number of rotatable bonds is 8. The van der Waals surface area contributed by atoms with Crippen molar-refractivity contribution >= 4 is 27.3 Å². The third-order valence-corrected chi connectivity index (χ3v) is 5.45. The quantitative estimate of drug-likeness (QED) is 0.725. The average Bonchev–Trinajstić information content (AvgIpc) is 2.63. The van der Waals surface area contributed by atoms with E-state index in [1.54, 1.807) is 24.3 Å². The van der Waals surface area contributed by atoms with Gasteiger partial charge in [0.05, 0.1) is 4.90 Å². The van der Waals surface area contributed by atoms with Crippen molar-refractivity contribution < 1.29 is 13.2 Å². The van der Waals surface area contributed by atoms with Gasteiger partial charge in [-0.05, 0) is 70.2 Å². The lowest BCUT2D eigenvalue weighted by Crippen LogP contribution is -2.30. The lowest BCUT2D eigenvalue weighted by Gasteiger charge is -2.21. The summed E-state index contributed by atoms with van der Waals surface area (Å²) in [5.41, 5.74) is 1.82. The molecule has 146 valence electrons. The first-order chi connectivity index (χ1) is 12.8. The molecule has 0 radical (unpaired) electrons. The second-order valence-corrected chi connectivity index (χ2v) is 8.16. The monoisotopic (exact) mass is 389 g/mol. The van der Waals surface area contributed by atoms with Crippen LogP contribution in [0.25, 0.3) is 0 Å². The average molecular weight is 390 g/mol. The molecule has 1 amide bonds. The summed E-state index contributed by atoms with van der Waals surface area (Å²) in [4.78, 5) is 14.3. The van der Waals surface area contributed by atoms with Gasteiger partial charge in [0.1, 0.15) is 0 Å². The van der Waals surface area contributed by atoms with E-state index in [1.165, 1.54) is 12.1 Å². The SMILES string of the molecule is CCN(CC)c1ccc(NS(=O)(=O)c2cccc(C(=O)NC(C)C)c2)cc1. The fraction of sp³-hybridized carbons (Fsp3) is 0.350. The van der Waals surface area contributed by atoms with E-state index in [0.717, 1.165) is 18.8 Å². The van der Waals surface area contributed by atoms with Crippen LogP contribution in [-0.4, -0.2) is 33.5 Å². The summed E-state index contributed by atoms with van der Waals surface area (Å²) in [5.74, 6) is -0.300. The van der Waals surface area contributed by atoms with Crippen LogP contribution >= 0.6 is 0 Å². The molecule has 0 heterocycles. The molecule has 0 bridgehead atoms. The Hall–Kier alpha value is -2.54. The van der Waals surface area contributed by atoms with E-state index in [1.807, 2.05) is 26.0 Å². The Labute approximate surface area is 161 Å². The molecule has 2 N–H and O–H groups in total. The van der Waals surface area contributed by atoms with Crippen molar-refractivity contribution in [3.8, 4) is 0 Å². The lowest BCUT2D eigenvalue weighted by molar-refractivity contribution is 0.0943. The highest BCUT2D eigenvalue weighted by Gasteiger charge is 2.17. The van der Waals surface area contributed by atoms with Gasteiger partial charge < -0.3 is 10.2 Å². The van der Waals surface area contributed by atoms with Gasteiger partial charge in [0.25, 0.3) is 15.9 Å². The van der Waals surface area contributed by atoms with Crippen molar-refractivity contribution in [3.63, 3.8) is 0 Å². The summed E-state index contributed by atoms with van der Waals surface area (Å²) in [6.45, 7) is 9.61. The molecule has 0 aromatic heterocycles. The molecule has 6 nitrogen and oxygen atoms in total. The molecule has 0 fully saturated rings. The maximum atomic E-state index is 12.7. The minimum absolute atomic E-state index is 0.0276. The van der Waals surface area contributed by atoms with E-state index in [-0.39, 0.29) is 16.8 Å². The standard InChI is InChI=1S/C20H27N3O3S/c1-5-23(6-2)18-12-10-17(11-13-18)22-27(25,26)19-9-7-8-16(14-19)20(24)21-15(3)4/h7-15,22H,5-6H2,1-4H3,(H,21,24). The zero-order valence-corrected chi connectivity index (χ0v) is 17.0. The van der Waals surface area contributed by atoms with Gasteiger partial charge in [0.2, 0.25) is 0 Å². The molecule has 2 rings (SSSR count). The Morgan fingerprint density at radius 1 is 1.04 bits per heavy atom. The summed E-state index contributed by atoms with van der Waals surface area (Å²) in [6.07, 6.45) is 0. The van der Waals surface area contributed by atoms with Crippen LogP contribution < -0.4 is 14.9 Å². The summed E-state index contributed by atoms with van der Waals surface area (Å²) in [7, 11) is -3.79. The van der Waals surface area contributed by atoms with Gasteiger partial charge >= 0.3 is 0 Å². The number of benzene rings is 2. The first-order valence-corrected chi connectivity index (χ1v) is 10.5. The fourth-order valence-corrected chi connectivity index (χ4v) is 3.80. The van der Waals surface area contributed by atoms with Gasteiger partial charge in [0.15, 0.2) is 0 Å². The molecule has 0 saturated heterocycles. The lowest BCUT2D eigenvalue weighted by atomic mass is 10.2. The van der Waals surface area contributed by atoms with Crippen molar-refractivity contribution in [2.45, 2.75) is 38.6 Å². The maximum absolute atomic E-state index is 12.7. The normalized spacial score (nSPS) is 11.3. The van der Waals surface area contributed by atoms with Crippen molar-refractivity contribution in [3.05, 3.63) is 54.1 Å². The molecule has 2 aromatic rings. The van der Waals surface area contributed by atoms with E-state index in [2.05, 4.69) is 28.8 Å². The van der Waals surface area contributed by atoms with E-state index >= 15 is 0 Å². The first-order valence-electron chi connectivity index (χ1n) is 9.05. The molecule has 2 aromatic carbocycles. The van der Waals surface area contributed by atoms with E-state index in [0.29, 0.717) is 11.3 Å². The Kier molecular flexibility index (Phi) is 6.85. The molecule has 0 atom stereocenters. The molecule has 7 heteroatoms. The fourth-order valence-electron chi connectivity index (χ4n) is 2.69. The summed E-state index contributed by atoms with van der Waals surface area (Å²) in [6, 6.07) is 13.2. The molecular formula is C20H27N3O3S. The zero-order valence-electron chi connectivity index (χ0n) is 16.2. The van der Waals surface area contributed by atoms with Crippen LogP contribution in [0.3, 0.4) is 0 Å². The largest absolute Gasteiger partial charge is 0.372 e. The molecule has 0 spiro atoms. The predicted molar refractivity (Wildman–Crippen MR) is 110 cm³/mol. The maximum Gasteiger partial charge on any atom is 0.261 e. The highest BCUT2D eigenvalue weighted by molar-refractivity contribution is 7.92. The van der Waals surface area contributed by atoms with Crippen molar-refractivity contribution in [1.29, 1.82) is 0 Å². The number of hydrogen-bond donors (Lipinski definition) is 2. The van der Waals surface area contributed by atoms with Gasteiger partial charge in [-0.25, -0.2) is 8.42 Å². The Morgan fingerprint density at radius 2 is 1.67 bits per heavy atom. The number of hydrogen-bond acceptors (Lipinski definition) is 4. The molecule has 0 unspecified atom stereocenters. The zero-order chi connectivity index (χ0) is 20.0. The summed E-state index contributed by atoms with van der Waals surface area (Å²) >= 11 is 0. The van der Waals surface area contributed by atoms with Gasteiger partial charge in [-0.1, -0.05) is 6.07 Å². The Balaban J connectivity index is 2.20. The van der Waals surface area contributed by atoms with Gasteiger partial charge in [-0.15, -0.1) is 0 Å². The third kappa shape index (κ3) is 5.47. The number of carbonyl (C=O) groups is 1. The molecule has 27 heavy (non-hydrogen) atoms. The van der Waals surface area contributed by atoms with Crippen LogP contribution in [0, 0.1) is 0 Å². The van der Waals surface area contributed by atoms with Crippen LogP contribution in [-0.2, 0) is 10.0 Å². The van der Waals surface area contributed by atoms with Crippen LogP contribution in [0.5, 0.6) is 0 Å². The highest BCUT2D eigenvalue weighted by Crippen LogP contribution is 2.21. The minimum Gasteiger partial charge on any atom is -0.372 e. The van der Waals surface area contributed by atoms with Crippen molar-refractivity contribution in [2.75, 3.05) is 22.7 Å².